The fourth-order valence-electron chi connectivity index (χ4n) is 3.62. The van der Waals surface area contributed by atoms with E-state index >= 15 is 0 Å². The van der Waals surface area contributed by atoms with E-state index in [4.69, 9.17) is 0 Å². The molecule has 4 heterocycles. The van der Waals surface area contributed by atoms with E-state index in [1.165, 1.54) is 23.4 Å². The summed E-state index contributed by atoms with van der Waals surface area (Å²) in [4.78, 5) is 29.0. The number of rotatable bonds is 2. The summed E-state index contributed by atoms with van der Waals surface area (Å²) in [7, 11) is 0. The molecule has 2 atom stereocenters. The largest absolute Gasteiger partial charge is 0.349 e. The van der Waals surface area contributed by atoms with Crippen LogP contribution in [-0.4, -0.2) is 33.4 Å². The van der Waals surface area contributed by atoms with Crippen LogP contribution in [-0.2, 0) is 0 Å². The highest BCUT2D eigenvalue weighted by atomic mass is 35.5. The Bertz CT molecular complexity index is 779. The Balaban J connectivity index is 0.00000156. The molecule has 2 N–H and O–H groups in total. The van der Waals surface area contributed by atoms with Crippen LogP contribution in [0.15, 0.2) is 35.4 Å². The molecule has 0 saturated carbocycles. The fraction of sp³-hybridized carbons (Fsp3) is 0.438. The number of fused-ring (bicyclic) bond motifs is 3. The van der Waals surface area contributed by atoms with Gasteiger partial charge in [-0.05, 0) is 37.8 Å². The Morgan fingerprint density at radius 1 is 1.26 bits per heavy atom. The summed E-state index contributed by atoms with van der Waals surface area (Å²) in [5, 5.41) is 6.55. The van der Waals surface area contributed by atoms with Crippen molar-refractivity contribution in [1.29, 1.82) is 0 Å². The molecular formula is C16H19ClN4O2. The van der Waals surface area contributed by atoms with Crippen molar-refractivity contribution in [1.82, 2.24) is 20.0 Å². The van der Waals surface area contributed by atoms with Crippen molar-refractivity contribution in [2.45, 2.75) is 43.8 Å². The van der Waals surface area contributed by atoms with Crippen molar-refractivity contribution >= 4 is 24.0 Å². The van der Waals surface area contributed by atoms with Gasteiger partial charge in [0.05, 0.1) is 0 Å². The number of hydrogen-bond acceptors (Lipinski definition) is 4. The van der Waals surface area contributed by atoms with Crippen LogP contribution in [0.2, 0.25) is 0 Å². The number of halogens is 1. The van der Waals surface area contributed by atoms with Gasteiger partial charge in [-0.2, -0.15) is 0 Å². The molecule has 2 aliphatic rings. The first kappa shape index (κ1) is 16.0. The van der Waals surface area contributed by atoms with Crippen LogP contribution < -0.4 is 16.2 Å². The van der Waals surface area contributed by atoms with Crippen LogP contribution >= 0.6 is 12.4 Å². The van der Waals surface area contributed by atoms with Gasteiger partial charge in [0, 0.05) is 30.5 Å². The zero-order chi connectivity index (χ0) is 15.1. The second-order valence-corrected chi connectivity index (χ2v) is 6.19. The van der Waals surface area contributed by atoms with E-state index in [1.807, 2.05) is 6.07 Å². The average molecular weight is 335 g/mol. The number of pyridine rings is 1. The Kier molecular flexibility index (Phi) is 4.37. The standard InChI is InChI=1S/C16H18N4O2.ClH/c21-15(19-12-7-10-4-5-11(8-12)18-10)13-9-17-14-3-1-2-6-20(14)16(13)22;/h1-3,6,9-12,18H,4-5,7-8H2,(H,19,21);1H. The van der Waals surface area contributed by atoms with E-state index in [-0.39, 0.29) is 35.5 Å². The Morgan fingerprint density at radius 3 is 2.74 bits per heavy atom. The van der Waals surface area contributed by atoms with Gasteiger partial charge >= 0.3 is 0 Å². The van der Waals surface area contributed by atoms with Gasteiger partial charge < -0.3 is 10.6 Å². The summed E-state index contributed by atoms with van der Waals surface area (Å²) < 4.78 is 1.40. The summed E-state index contributed by atoms with van der Waals surface area (Å²) in [6, 6.07) is 6.45. The predicted molar refractivity (Wildman–Crippen MR) is 89.1 cm³/mol. The molecule has 2 aliphatic heterocycles. The molecule has 122 valence electrons. The van der Waals surface area contributed by atoms with Gasteiger partial charge in [0.1, 0.15) is 11.2 Å². The minimum absolute atomic E-state index is 0. The number of carbonyl (C=O) groups excluding carboxylic acids is 1. The van der Waals surface area contributed by atoms with Crippen LogP contribution in [0.1, 0.15) is 36.0 Å². The van der Waals surface area contributed by atoms with Crippen molar-refractivity contribution in [3.63, 3.8) is 0 Å². The lowest BCUT2D eigenvalue weighted by molar-refractivity contribution is 0.0922. The van der Waals surface area contributed by atoms with Gasteiger partial charge in [-0.25, -0.2) is 4.98 Å². The minimum atomic E-state index is -0.319. The van der Waals surface area contributed by atoms with Gasteiger partial charge in [-0.15, -0.1) is 12.4 Å². The second kappa shape index (κ2) is 6.29. The third kappa shape index (κ3) is 2.96. The SMILES string of the molecule is Cl.O=C(NC1CC2CCC(C1)N2)c1cnc2ccccn2c1=O. The molecule has 2 aromatic rings. The number of amides is 1. The molecule has 2 bridgehead atoms. The zero-order valence-electron chi connectivity index (χ0n) is 12.6. The highest BCUT2D eigenvalue weighted by Crippen LogP contribution is 2.26. The van der Waals surface area contributed by atoms with E-state index < -0.39 is 0 Å². The van der Waals surface area contributed by atoms with Gasteiger partial charge in [0.15, 0.2) is 0 Å². The number of piperidine rings is 1. The molecule has 0 radical (unpaired) electrons. The highest BCUT2D eigenvalue weighted by molar-refractivity contribution is 5.93. The van der Waals surface area contributed by atoms with E-state index in [9.17, 15) is 9.59 Å². The Labute approximate surface area is 139 Å². The molecule has 4 rings (SSSR count). The van der Waals surface area contributed by atoms with Crippen LogP contribution in [0, 0.1) is 0 Å². The lowest BCUT2D eigenvalue weighted by Crippen LogP contribution is -2.48. The molecule has 2 unspecified atom stereocenters. The van der Waals surface area contributed by atoms with Gasteiger partial charge in [0.25, 0.3) is 11.5 Å². The van der Waals surface area contributed by atoms with Crippen molar-refractivity contribution in [3.05, 3.63) is 46.5 Å². The molecule has 1 amide bonds. The number of aromatic nitrogens is 2. The van der Waals surface area contributed by atoms with Crippen molar-refractivity contribution < 1.29 is 4.79 Å². The third-order valence-electron chi connectivity index (χ3n) is 4.67. The van der Waals surface area contributed by atoms with E-state index in [1.54, 1.807) is 18.3 Å². The second-order valence-electron chi connectivity index (χ2n) is 6.19. The Hall–Kier alpha value is -1.92. The third-order valence-corrected chi connectivity index (χ3v) is 4.67. The number of nitrogens with one attached hydrogen (secondary N) is 2. The van der Waals surface area contributed by atoms with E-state index in [2.05, 4.69) is 15.6 Å². The van der Waals surface area contributed by atoms with E-state index in [0.717, 1.165) is 12.8 Å². The van der Waals surface area contributed by atoms with Crippen molar-refractivity contribution in [3.8, 4) is 0 Å². The van der Waals surface area contributed by atoms with Crippen LogP contribution in [0.3, 0.4) is 0 Å². The summed E-state index contributed by atoms with van der Waals surface area (Å²) in [6.45, 7) is 0. The number of nitrogens with zero attached hydrogens (tertiary/aromatic N) is 2. The van der Waals surface area contributed by atoms with Gasteiger partial charge in [0.2, 0.25) is 0 Å². The normalized spacial score (nSPS) is 25.8. The first-order valence-electron chi connectivity index (χ1n) is 7.74. The smallest absolute Gasteiger partial charge is 0.270 e. The van der Waals surface area contributed by atoms with Crippen molar-refractivity contribution in [2.75, 3.05) is 0 Å². The summed E-state index contributed by atoms with van der Waals surface area (Å²) in [5.74, 6) is -0.318. The molecule has 23 heavy (non-hydrogen) atoms. The maximum Gasteiger partial charge on any atom is 0.270 e. The van der Waals surface area contributed by atoms with Crippen LogP contribution in [0.5, 0.6) is 0 Å². The molecule has 0 aromatic carbocycles. The monoisotopic (exact) mass is 334 g/mol. The average Bonchev–Trinajstić information content (AvgIpc) is 2.86. The summed E-state index contributed by atoms with van der Waals surface area (Å²) in [5.41, 5.74) is 0.332. The van der Waals surface area contributed by atoms with Crippen LogP contribution in [0.25, 0.3) is 5.65 Å². The molecule has 2 aromatic heterocycles. The number of carbonyl (C=O) groups is 1. The molecule has 0 spiro atoms. The molecule has 6 nitrogen and oxygen atoms in total. The first-order chi connectivity index (χ1) is 10.7. The van der Waals surface area contributed by atoms with Gasteiger partial charge in [-0.1, -0.05) is 6.07 Å². The van der Waals surface area contributed by atoms with E-state index in [0.29, 0.717) is 17.7 Å². The zero-order valence-corrected chi connectivity index (χ0v) is 13.4. The fourth-order valence-corrected chi connectivity index (χ4v) is 3.62. The maximum atomic E-state index is 12.4. The minimum Gasteiger partial charge on any atom is -0.349 e. The highest BCUT2D eigenvalue weighted by Gasteiger charge is 2.34. The lowest BCUT2D eigenvalue weighted by atomic mass is 9.99. The predicted octanol–water partition coefficient (Wildman–Crippen LogP) is 1.13. The quantitative estimate of drug-likeness (QED) is 0.863. The number of hydrogen-bond donors (Lipinski definition) is 2. The molecular weight excluding hydrogens is 316 g/mol. The molecule has 2 fully saturated rings. The molecule has 7 heteroatoms. The lowest BCUT2D eigenvalue weighted by Gasteiger charge is -2.29. The summed E-state index contributed by atoms with van der Waals surface area (Å²) >= 11 is 0. The summed E-state index contributed by atoms with van der Waals surface area (Å²) in [6.07, 6.45) is 7.23. The molecule has 0 aliphatic carbocycles. The van der Waals surface area contributed by atoms with Gasteiger partial charge in [-0.3, -0.25) is 14.0 Å². The Morgan fingerprint density at radius 2 is 2.00 bits per heavy atom. The topological polar surface area (TPSA) is 75.5 Å². The first-order valence-corrected chi connectivity index (χ1v) is 7.74. The maximum absolute atomic E-state index is 12.4. The van der Waals surface area contributed by atoms with Crippen molar-refractivity contribution in [2.24, 2.45) is 0 Å². The molecule has 2 saturated heterocycles. The van der Waals surface area contributed by atoms with Crippen LogP contribution in [0.4, 0.5) is 0 Å².